The number of hydrogen-bond donors (Lipinski definition) is 5. The molecule has 1 heterocycles. The van der Waals surface area contributed by atoms with Crippen LogP contribution < -0.4 is 5.31 Å². The summed E-state index contributed by atoms with van der Waals surface area (Å²) in [6.07, 6.45) is -8.66. The van der Waals surface area contributed by atoms with Gasteiger partial charge in [-0.2, -0.15) is 0 Å². The highest BCUT2D eigenvalue weighted by Gasteiger charge is 2.43. The van der Waals surface area contributed by atoms with Crippen LogP contribution in [0.3, 0.4) is 0 Å². The summed E-state index contributed by atoms with van der Waals surface area (Å²) in [6, 6.07) is -2.94. The third-order valence-electron chi connectivity index (χ3n) is 1.92. The Hall–Kier alpha value is -0.730. The van der Waals surface area contributed by atoms with Crippen LogP contribution in [0.25, 0.3) is 0 Å². The Labute approximate surface area is 90.6 Å². The molecule has 7 heteroatoms. The third kappa shape index (κ3) is 2.64. The summed E-state index contributed by atoms with van der Waals surface area (Å²) in [5.74, 6) is -1.03. The van der Waals surface area contributed by atoms with Crippen molar-refractivity contribution >= 4 is 5.91 Å². The molecule has 0 spiro atoms. The monoisotopic (exact) mass is 224 g/mol. The molecule has 1 rings (SSSR count). The molecule has 0 aromatic rings. The molecule has 7 nitrogen and oxygen atoms in total. The fourth-order valence-electron chi connectivity index (χ4n) is 1.19. The van der Waals surface area contributed by atoms with Crippen molar-refractivity contribution in [1.82, 2.24) is 5.31 Å². The lowest BCUT2D eigenvalue weighted by Crippen LogP contribution is -2.63. The number of hydrogen-bond acceptors (Lipinski definition) is 6. The van der Waals surface area contributed by atoms with Crippen LogP contribution in [-0.4, -0.2) is 63.5 Å². The SMILES string of the molecule is [2H]N(C(C)=O)[C@]1([2H])[C@@H](O)[C@H](O)[C@@H](CO)OC1([2H])O. The summed E-state index contributed by atoms with van der Waals surface area (Å²) >= 11 is 0. The van der Waals surface area contributed by atoms with Crippen LogP contribution in [0.1, 0.15) is 9.67 Å². The topological polar surface area (TPSA) is 119 Å². The van der Waals surface area contributed by atoms with Gasteiger partial charge in [0.2, 0.25) is 5.91 Å². The van der Waals surface area contributed by atoms with Gasteiger partial charge in [0.25, 0.3) is 0 Å². The summed E-state index contributed by atoms with van der Waals surface area (Å²) in [7, 11) is 0. The maximum Gasteiger partial charge on any atom is 0.217 e. The van der Waals surface area contributed by atoms with Gasteiger partial charge in [-0.3, -0.25) is 4.79 Å². The molecule has 1 saturated heterocycles. The van der Waals surface area contributed by atoms with Crippen molar-refractivity contribution < 1.29 is 34.1 Å². The number of aliphatic hydroxyl groups is 4. The predicted molar refractivity (Wildman–Crippen MR) is 47.6 cm³/mol. The summed E-state index contributed by atoms with van der Waals surface area (Å²) < 4.78 is 27.0. The van der Waals surface area contributed by atoms with Crippen LogP contribution in [0.4, 0.5) is 0 Å². The van der Waals surface area contributed by atoms with Gasteiger partial charge in [0.15, 0.2) is 7.68 Å². The van der Waals surface area contributed by atoms with E-state index >= 15 is 0 Å². The van der Waals surface area contributed by atoms with Crippen LogP contribution in [0.5, 0.6) is 0 Å². The van der Waals surface area contributed by atoms with Gasteiger partial charge in [-0.1, -0.05) is 0 Å². The second kappa shape index (κ2) is 4.86. The van der Waals surface area contributed by atoms with E-state index in [4.69, 9.17) is 9.26 Å². The van der Waals surface area contributed by atoms with Crippen molar-refractivity contribution in [3.63, 3.8) is 0 Å². The molecule has 1 fully saturated rings. The van der Waals surface area contributed by atoms with Gasteiger partial charge in [0, 0.05) is 6.92 Å². The Kier molecular flexibility index (Phi) is 2.73. The standard InChI is InChI=1S/C8H15NO6/c1-3(11)9-5-7(13)6(12)4(2-10)15-8(5)14/h4-8,10,12-14H,2H2,1H3,(H,9,11)/t4-,5-,6-,7-,8?/m1/s1/i5D,8D/hD. The quantitative estimate of drug-likeness (QED) is 0.339. The number of carbonyl (C=O) groups excluding carboxylic acids is 1. The van der Waals surface area contributed by atoms with Crippen LogP contribution in [0.2, 0.25) is 1.41 Å². The Morgan fingerprint density at radius 3 is 2.60 bits per heavy atom. The van der Waals surface area contributed by atoms with Crippen molar-refractivity contribution in [3.8, 4) is 0 Å². The summed E-state index contributed by atoms with van der Waals surface area (Å²) in [5.41, 5.74) is 0. The molecule has 0 bridgehead atoms. The van der Waals surface area contributed by atoms with E-state index in [0.717, 1.165) is 6.92 Å². The number of rotatable bonds is 2. The lowest BCUT2D eigenvalue weighted by Gasteiger charge is -2.40. The average Bonchev–Trinajstić information content (AvgIpc) is 2.30. The minimum absolute atomic E-state index is 0.151. The number of nitrogens with one attached hydrogen (secondary N) is 1. The minimum Gasteiger partial charge on any atom is -0.394 e. The molecule has 0 radical (unpaired) electrons. The lowest BCUT2D eigenvalue weighted by atomic mass is 9.97. The minimum atomic E-state index is -3.17. The fraction of sp³-hybridized carbons (Fsp3) is 0.875. The molecule has 0 aliphatic carbocycles. The molecule has 0 saturated carbocycles. The molecule has 1 aliphatic rings. The van der Waals surface area contributed by atoms with Gasteiger partial charge in [-0.05, 0) is 0 Å². The molecule has 5 atom stereocenters. The maximum absolute atomic E-state index is 11.1. The van der Waals surface area contributed by atoms with E-state index in [-0.39, 0.29) is 5.31 Å². The highest BCUT2D eigenvalue weighted by molar-refractivity contribution is 5.73. The molecule has 1 amide bonds. The van der Waals surface area contributed by atoms with Gasteiger partial charge < -0.3 is 30.5 Å². The Balaban J connectivity index is 3.20. The predicted octanol–water partition coefficient (Wildman–Crippen LogP) is -3.08. The zero-order chi connectivity index (χ0) is 14.3. The van der Waals surface area contributed by atoms with Gasteiger partial charge in [0.1, 0.15) is 24.3 Å². The van der Waals surface area contributed by atoms with E-state index in [1.54, 1.807) is 0 Å². The zero-order valence-electron chi connectivity index (χ0n) is 11.0. The smallest absolute Gasteiger partial charge is 0.217 e. The Bertz CT molecular complexity index is 343. The van der Waals surface area contributed by atoms with Gasteiger partial charge in [-0.25, -0.2) is 0 Å². The zero-order valence-corrected chi connectivity index (χ0v) is 7.99. The number of amides is 1. The first-order chi connectivity index (χ1) is 8.09. The molecule has 88 valence electrons. The highest BCUT2D eigenvalue weighted by Crippen LogP contribution is 2.19. The van der Waals surface area contributed by atoms with Gasteiger partial charge >= 0.3 is 0 Å². The summed E-state index contributed by atoms with van der Waals surface area (Å²) in [6.45, 7) is 0.0736. The van der Waals surface area contributed by atoms with Crippen molar-refractivity contribution in [2.45, 2.75) is 37.5 Å². The number of ether oxygens (including phenoxy) is 1. The molecule has 1 unspecified atom stereocenters. The first-order valence-corrected chi connectivity index (χ1v) is 4.26. The normalized spacial score (nSPS) is 53.9. The molecular formula is C8H15NO6. The lowest BCUT2D eigenvalue weighted by molar-refractivity contribution is -0.253. The average molecular weight is 224 g/mol. The second-order valence-corrected chi connectivity index (χ2v) is 3.10. The fourth-order valence-corrected chi connectivity index (χ4v) is 1.19. The third-order valence-corrected chi connectivity index (χ3v) is 1.92. The van der Waals surface area contributed by atoms with Crippen LogP contribution >= 0.6 is 0 Å². The van der Waals surface area contributed by atoms with Crippen molar-refractivity contribution in [2.24, 2.45) is 0 Å². The van der Waals surface area contributed by atoms with Crippen molar-refractivity contribution in [3.05, 3.63) is 0 Å². The Morgan fingerprint density at radius 2 is 2.13 bits per heavy atom. The summed E-state index contributed by atoms with van der Waals surface area (Å²) in [4.78, 5) is 11.1. The first kappa shape index (κ1) is 8.43. The van der Waals surface area contributed by atoms with E-state index in [1.165, 1.54) is 0 Å². The van der Waals surface area contributed by atoms with Gasteiger partial charge in [0.05, 0.1) is 9.35 Å². The van der Waals surface area contributed by atoms with Crippen LogP contribution in [0, 0.1) is 0 Å². The maximum atomic E-state index is 11.1. The van der Waals surface area contributed by atoms with E-state index in [1.807, 2.05) is 0 Å². The molecule has 5 N–H and O–H groups in total. The van der Waals surface area contributed by atoms with E-state index in [9.17, 15) is 20.1 Å². The first-order valence-electron chi connectivity index (χ1n) is 5.71. The molecular weight excluding hydrogens is 206 g/mol. The molecule has 0 aromatic heterocycles. The highest BCUT2D eigenvalue weighted by atomic mass is 16.6. The van der Waals surface area contributed by atoms with E-state index < -0.39 is 43.1 Å². The van der Waals surface area contributed by atoms with Gasteiger partial charge in [-0.15, -0.1) is 0 Å². The second-order valence-electron chi connectivity index (χ2n) is 3.10. The molecule has 15 heavy (non-hydrogen) atoms. The van der Waals surface area contributed by atoms with Crippen LogP contribution in [0.15, 0.2) is 0 Å². The van der Waals surface area contributed by atoms with E-state index in [2.05, 4.69) is 4.74 Å². The van der Waals surface area contributed by atoms with E-state index in [0.29, 0.717) is 0 Å². The molecule has 1 aliphatic heterocycles. The molecule has 0 aromatic carbocycles. The Morgan fingerprint density at radius 1 is 1.53 bits per heavy atom. The largest absolute Gasteiger partial charge is 0.394 e. The van der Waals surface area contributed by atoms with Crippen LogP contribution in [-0.2, 0) is 9.53 Å². The van der Waals surface area contributed by atoms with Crippen molar-refractivity contribution in [2.75, 3.05) is 6.61 Å². The summed E-state index contributed by atoms with van der Waals surface area (Å²) in [5, 5.41) is 37.7. The van der Waals surface area contributed by atoms with Crippen molar-refractivity contribution in [1.29, 1.82) is 0 Å². The number of aliphatic hydroxyl groups excluding tert-OH is 3. The number of carbonyl (C=O) groups is 1.